The number of amides is 1. The predicted octanol–water partition coefficient (Wildman–Crippen LogP) is 1.29. The summed E-state index contributed by atoms with van der Waals surface area (Å²) >= 11 is 0. The molecule has 1 amide bonds. The van der Waals surface area contributed by atoms with Crippen LogP contribution in [0.25, 0.3) is 5.53 Å². The first-order chi connectivity index (χ1) is 8.13. The summed E-state index contributed by atoms with van der Waals surface area (Å²) in [6.07, 6.45) is 4.84. The van der Waals surface area contributed by atoms with E-state index >= 15 is 0 Å². The van der Waals surface area contributed by atoms with Crippen LogP contribution in [-0.4, -0.2) is 29.0 Å². The molecule has 1 rings (SSSR count). The van der Waals surface area contributed by atoms with Crippen molar-refractivity contribution in [3.8, 4) is 0 Å². The fourth-order valence-corrected chi connectivity index (χ4v) is 2.23. The van der Waals surface area contributed by atoms with E-state index in [0.29, 0.717) is 12.3 Å². The minimum Gasteiger partial charge on any atom is -0.438 e. The lowest BCUT2D eigenvalue weighted by Gasteiger charge is -2.24. The fourth-order valence-electron chi connectivity index (χ4n) is 2.23. The highest BCUT2D eigenvalue weighted by Crippen LogP contribution is 2.28. The van der Waals surface area contributed by atoms with Crippen LogP contribution in [0.3, 0.4) is 0 Å². The van der Waals surface area contributed by atoms with Crippen molar-refractivity contribution in [2.45, 2.75) is 44.6 Å². The first kappa shape index (κ1) is 13.4. The number of ether oxygens (including phenoxy) is 1. The maximum Gasteiger partial charge on any atom is 0.405 e. The lowest BCUT2D eigenvalue weighted by Crippen LogP contribution is -2.33. The standard InChI is InChI=1S/C11H17N3O3/c12-11(16)17-10(9(15)7-14-13)6-8-4-2-1-3-5-8/h7-8,10H,1-6H2,(H2,12,16). The van der Waals surface area contributed by atoms with E-state index in [2.05, 4.69) is 4.79 Å². The van der Waals surface area contributed by atoms with Gasteiger partial charge in [-0.25, -0.2) is 4.79 Å². The van der Waals surface area contributed by atoms with Gasteiger partial charge in [0, 0.05) is 0 Å². The predicted molar refractivity (Wildman–Crippen MR) is 60.3 cm³/mol. The number of hydrogen-bond acceptors (Lipinski definition) is 3. The molecule has 2 N–H and O–H groups in total. The molecule has 1 aliphatic carbocycles. The van der Waals surface area contributed by atoms with Crippen LogP contribution in [0.4, 0.5) is 4.79 Å². The zero-order chi connectivity index (χ0) is 12.7. The quantitative estimate of drug-likeness (QED) is 0.443. The van der Waals surface area contributed by atoms with Crippen LogP contribution in [0.1, 0.15) is 38.5 Å². The molecule has 17 heavy (non-hydrogen) atoms. The van der Waals surface area contributed by atoms with E-state index in [1.807, 2.05) is 0 Å². The maximum absolute atomic E-state index is 11.5. The number of primary amides is 1. The van der Waals surface area contributed by atoms with Gasteiger partial charge in [-0.2, -0.15) is 4.79 Å². The third-order valence-electron chi connectivity index (χ3n) is 3.03. The zero-order valence-corrected chi connectivity index (χ0v) is 9.67. The lowest BCUT2D eigenvalue weighted by molar-refractivity contribution is -0.124. The van der Waals surface area contributed by atoms with Gasteiger partial charge in [-0.05, 0) is 12.3 Å². The third-order valence-corrected chi connectivity index (χ3v) is 3.03. The zero-order valence-electron chi connectivity index (χ0n) is 9.67. The molecule has 0 radical (unpaired) electrons. The Kier molecular flexibility index (Phi) is 5.36. The summed E-state index contributed by atoms with van der Waals surface area (Å²) < 4.78 is 4.75. The van der Waals surface area contributed by atoms with Crippen LogP contribution in [0.5, 0.6) is 0 Å². The van der Waals surface area contributed by atoms with Crippen molar-refractivity contribution in [2.24, 2.45) is 11.7 Å². The van der Waals surface area contributed by atoms with Gasteiger partial charge in [-0.1, -0.05) is 32.1 Å². The van der Waals surface area contributed by atoms with E-state index in [0.717, 1.165) is 31.9 Å². The highest BCUT2D eigenvalue weighted by atomic mass is 16.6. The molecule has 0 aromatic heterocycles. The van der Waals surface area contributed by atoms with Crippen LogP contribution in [0.2, 0.25) is 0 Å². The topological polar surface area (TPSA) is 106 Å². The Labute approximate surface area is 99.7 Å². The van der Waals surface area contributed by atoms with Gasteiger partial charge in [0.25, 0.3) is 5.78 Å². The molecule has 94 valence electrons. The largest absolute Gasteiger partial charge is 0.438 e. The first-order valence-corrected chi connectivity index (χ1v) is 5.81. The van der Waals surface area contributed by atoms with Gasteiger partial charge in [-0.3, -0.25) is 4.79 Å². The van der Waals surface area contributed by atoms with E-state index in [4.69, 9.17) is 16.0 Å². The SMILES string of the molecule is [N-]=[N+]=CC(=O)C(CC1CCCCC1)OC(N)=O. The van der Waals surface area contributed by atoms with Crippen molar-refractivity contribution < 1.29 is 19.1 Å². The van der Waals surface area contributed by atoms with E-state index < -0.39 is 18.0 Å². The van der Waals surface area contributed by atoms with Crippen molar-refractivity contribution in [3.63, 3.8) is 0 Å². The molecule has 1 unspecified atom stereocenters. The molecule has 6 heteroatoms. The van der Waals surface area contributed by atoms with Gasteiger partial charge >= 0.3 is 12.3 Å². The minimum atomic E-state index is -0.981. The molecule has 1 aliphatic rings. The fraction of sp³-hybridized carbons (Fsp3) is 0.727. The molecule has 0 spiro atoms. The summed E-state index contributed by atoms with van der Waals surface area (Å²) in [5, 5.41) is 0. The molecule has 0 bridgehead atoms. The summed E-state index contributed by atoms with van der Waals surface area (Å²) in [6, 6.07) is 0. The Bertz CT molecular complexity index is 331. The second-order valence-corrected chi connectivity index (χ2v) is 4.31. The van der Waals surface area contributed by atoms with Crippen molar-refractivity contribution in [3.05, 3.63) is 5.53 Å². The Balaban J connectivity index is 2.58. The third kappa shape index (κ3) is 4.78. The van der Waals surface area contributed by atoms with Gasteiger partial charge in [0.05, 0.1) is 0 Å². The minimum absolute atomic E-state index is 0.365. The number of hydrogen-bond donors (Lipinski definition) is 1. The van der Waals surface area contributed by atoms with Crippen LogP contribution in [0, 0.1) is 5.92 Å². The van der Waals surface area contributed by atoms with E-state index in [1.165, 1.54) is 6.42 Å². The second kappa shape index (κ2) is 6.81. The van der Waals surface area contributed by atoms with Crippen LogP contribution in [0.15, 0.2) is 0 Å². The molecule has 1 fully saturated rings. The summed E-state index contributed by atoms with van der Waals surface area (Å²) in [4.78, 5) is 24.9. The average Bonchev–Trinajstić information content (AvgIpc) is 2.29. The molecule has 0 saturated heterocycles. The van der Waals surface area contributed by atoms with Crippen LogP contribution < -0.4 is 5.73 Å². The Morgan fingerprint density at radius 3 is 2.59 bits per heavy atom. The molecular weight excluding hydrogens is 222 g/mol. The van der Waals surface area contributed by atoms with Crippen LogP contribution in [-0.2, 0) is 9.53 Å². The van der Waals surface area contributed by atoms with Gasteiger partial charge < -0.3 is 16.0 Å². The average molecular weight is 239 g/mol. The maximum atomic E-state index is 11.5. The molecule has 0 aliphatic heterocycles. The number of ketones is 1. The number of nitrogens with two attached hydrogens (primary N) is 1. The number of rotatable bonds is 5. The Morgan fingerprint density at radius 1 is 1.41 bits per heavy atom. The second-order valence-electron chi connectivity index (χ2n) is 4.31. The Hall–Kier alpha value is -1.68. The van der Waals surface area contributed by atoms with Crippen molar-refractivity contribution in [1.29, 1.82) is 0 Å². The number of nitrogens with zero attached hydrogens (tertiary/aromatic N) is 2. The van der Waals surface area contributed by atoms with Crippen LogP contribution >= 0.6 is 0 Å². The number of carbonyl (C=O) groups is 2. The number of carbonyl (C=O) groups excluding carboxylic acids is 2. The lowest BCUT2D eigenvalue weighted by atomic mass is 9.85. The summed E-state index contributed by atoms with van der Waals surface area (Å²) in [5.74, 6) is -0.166. The van der Waals surface area contributed by atoms with Gasteiger partial charge in [0.15, 0.2) is 6.10 Å². The number of Topliss-reactive ketones (excluding diaryl/α,β-unsaturated/α-hetero) is 1. The molecule has 1 atom stereocenters. The van der Waals surface area contributed by atoms with Crippen molar-refractivity contribution in [2.75, 3.05) is 0 Å². The molecule has 1 saturated carbocycles. The molecule has 6 nitrogen and oxygen atoms in total. The van der Waals surface area contributed by atoms with E-state index in [9.17, 15) is 9.59 Å². The van der Waals surface area contributed by atoms with Crippen molar-refractivity contribution >= 4 is 18.1 Å². The molecule has 0 heterocycles. The van der Waals surface area contributed by atoms with Crippen molar-refractivity contribution in [1.82, 2.24) is 0 Å². The molecule has 0 aromatic carbocycles. The van der Waals surface area contributed by atoms with Gasteiger partial charge in [-0.15, -0.1) is 0 Å². The van der Waals surface area contributed by atoms with Gasteiger partial charge in [0.2, 0.25) is 0 Å². The summed E-state index contributed by atoms with van der Waals surface area (Å²) in [6.45, 7) is 0. The summed E-state index contributed by atoms with van der Waals surface area (Å²) in [7, 11) is 0. The van der Waals surface area contributed by atoms with E-state index in [-0.39, 0.29) is 0 Å². The highest BCUT2D eigenvalue weighted by Gasteiger charge is 2.27. The monoisotopic (exact) mass is 239 g/mol. The summed E-state index contributed by atoms with van der Waals surface area (Å²) in [5.41, 5.74) is 13.2. The van der Waals surface area contributed by atoms with E-state index in [1.54, 1.807) is 0 Å². The Morgan fingerprint density at radius 2 is 2.06 bits per heavy atom. The normalized spacial score (nSPS) is 17.9. The smallest absolute Gasteiger partial charge is 0.405 e. The first-order valence-electron chi connectivity index (χ1n) is 5.81. The molecular formula is C11H17N3O3. The highest BCUT2D eigenvalue weighted by molar-refractivity contribution is 6.27. The van der Waals surface area contributed by atoms with Gasteiger partial charge in [0.1, 0.15) is 0 Å². The molecule has 0 aromatic rings.